The highest BCUT2D eigenvalue weighted by Crippen LogP contribution is 2.45. The van der Waals surface area contributed by atoms with Crippen molar-refractivity contribution in [1.29, 1.82) is 0 Å². The van der Waals surface area contributed by atoms with Crippen LogP contribution in [0.4, 0.5) is 0 Å². The highest BCUT2D eigenvalue weighted by Gasteiger charge is 2.30. The highest BCUT2D eigenvalue weighted by molar-refractivity contribution is 7.47. The Morgan fingerprint density at radius 2 is 0.608 bits per heavy atom. The van der Waals surface area contributed by atoms with Gasteiger partial charge in [-0.15, -0.1) is 0 Å². The molecule has 0 amide bonds. The first-order chi connectivity index (χ1) is 46.9. The number of allylic oxidation sites excluding steroid dienone is 4. The lowest BCUT2D eigenvalue weighted by Gasteiger charge is -2.21. The summed E-state index contributed by atoms with van der Waals surface area (Å²) in [6.07, 6.45) is 60.3. The third-order valence-corrected chi connectivity index (χ3v) is 19.8. The number of aliphatic hydroxyl groups is 1. The van der Waals surface area contributed by atoms with Gasteiger partial charge in [-0.1, -0.05) is 329 Å². The average Bonchev–Trinajstić information content (AvgIpc) is 1.71. The van der Waals surface area contributed by atoms with Crippen molar-refractivity contribution in [2.75, 3.05) is 39.6 Å². The smallest absolute Gasteiger partial charge is 0.462 e. The van der Waals surface area contributed by atoms with Crippen LogP contribution in [0.25, 0.3) is 0 Å². The molecule has 0 aliphatic carbocycles. The molecule has 0 radical (unpaired) electrons. The summed E-state index contributed by atoms with van der Waals surface area (Å²) in [5, 5.41) is 10.6. The third kappa shape index (κ3) is 70.4. The van der Waals surface area contributed by atoms with Crippen LogP contribution >= 0.6 is 15.6 Å². The Kier molecular flexibility index (Phi) is 67.5. The summed E-state index contributed by atoms with van der Waals surface area (Å²) in [4.78, 5) is 72.9. The van der Waals surface area contributed by atoms with Crippen molar-refractivity contribution in [3.8, 4) is 0 Å². The molecular formula is C78H148O17P2. The summed E-state index contributed by atoms with van der Waals surface area (Å²) in [7, 11) is -9.93. The predicted molar refractivity (Wildman–Crippen MR) is 395 cm³/mol. The maximum Gasteiger partial charge on any atom is 0.472 e. The van der Waals surface area contributed by atoms with Gasteiger partial charge in [-0.25, -0.2) is 9.13 Å². The molecule has 0 aliphatic rings. The standard InChI is InChI=1S/C78H148O17P2/c1-7-10-12-14-16-18-20-22-24-26-28-32-36-44-50-56-62-77(82)94-73(66-88-75(80)60-54-48-42-35-31-27-25-23-21-19-17-15-13-11-8-2)68-92-96(84,85)90-64-72(79)65-91-97(86,87)93-69-74(67-89-76(81)61-55-49-43-39-38-41-47-53-59-71(6)9-3)95-78(83)63-57-51-45-37-33-29-30-34-40-46-52-58-70(4)5/h19,21,23,25,70-74,79H,7-18,20,22,24,26-69H2,1-6H3,(H,84,85)(H,86,87)/b21-19-,25-23-/t71?,72-,73-,74-/m1/s1. The molecule has 97 heavy (non-hydrogen) atoms. The van der Waals surface area contributed by atoms with E-state index in [1.54, 1.807) is 0 Å². The molecule has 0 bridgehead atoms. The number of hydrogen-bond acceptors (Lipinski definition) is 15. The van der Waals surface area contributed by atoms with Gasteiger partial charge < -0.3 is 33.8 Å². The molecule has 0 fully saturated rings. The summed E-state index contributed by atoms with van der Waals surface area (Å²) in [6, 6.07) is 0. The van der Waals surface area contributed by atoms with Gasteiger partial charge in [0.2, 0.25) is 0 Å². The average molecular weight is 1420 g/mol. The Morgan fingerprint density at radius 1 is 0.340 bits per heavy atom. The molecule has 0 saturated heterocycles. The van der Waals surface area contributed by atoms with Crippen molar-refractivity contribution in [3.05, 3.63) is 24.3 Å². The monoisotopic (exact) mass is 1420 g/mol. The zero-order valence-corrected chi connectivity index (χ0v) is 64.7. The first kappa shape index (κ1) is 94.5. The lowest BCUT2D eigenvalue weighted by molar-refractivity contribution is -0.161. The van der Waals surface area contributed by atoms with Gasteiger partial charge in [0.15, 0.2) is 12.2 Å². The fourth-order valence-electron chi connectivity index (χ4n) is 11.4. The zero-order valence-electron chi connectivity index (χ0n) is 62.9. The molecule has 0 saturated carbocycles. The number of carbonyl (C=O) groups excluding carboxylic acids is 4. The van der Waals surface area contributed by atoms with Crippen LogP contribution in [0.1, 0.15) is 382 Å². The van der Waals surface area contributed by atoms with Crippen LogP contribution in [0.2, 0.25) is 0 Å². The van der Waals surface area contributed by atoms with Gasteiger partial charge in [-0.3, -0.25) is 37.3 Å². The maximum absolute atomic E-state index is 13.1. The Hall–Kier alpha value is -2.46. The van der Waals surface area contributed by atoms with E-state index in [2.05, 4.69) is 65.8 Å². The van der Waals surface area contributed by atoms with Crippen molar-refractivity contribution in [2.45, 2.75) is 400 Å². The molecule has 0 aromatic heterocycles. The van der Waals surface area contributed by atoms with Gasteiger partial charge >= 0.3 is 39.5 Å². The van der Waals surface area contributed by atoms with E-state index in [0.717, 1.165) is 121 Å². The van der Waals surface area contributed by atoms with Gasteiger partial charge in [-0.05, 0) is 63.2 Å². The minimum absolute atomic E-state index is 0.101. The van der Waals surface area contributed by atoms with Crippen LogP contribution in [0.3, 0.4) is 0 Å². The van der Waals surface area contributed by atoms with Gasteiger partial charge in [-0.2, -0.15) is 0 Å². The van der Waals surface area contributed by atoms with E-state index in [1.807, 2.05) is 0 Å². The lowest BCUT2D eigenvalue weighted by atomic mass is 9.99. The Labute approximate surface area is 592 Å². The summed E-state index contributed by atoms with van der Waals surface area (Å²) in [6.45, 7) is 9.55. The van der Waals surface area contributed by atoms with Gasteiger partial charge in [0.05, 0.1) is 26.4 Å². The minimum Gasteiger partial charge on any atom is -0.462 e. The van der Waals surface area contributed by atoms with Crippen molar-refractivity contribution in [3.63, 3.8) is 0 Å². The number of phosphoric acid groups is 2. The molecule has 0 rings (SSSR count). The third-order valence-electron chi connectivity index (χ3n) is 17.9. The second-order valence-electron chi connectivity index (χ2n) is 28.1. The number of unbranched alkanes of at least 4 members (excludes halogenated alkanes) is 41. The molecule has 19 heteroatoms. The van der Waals surface area contributed by atoms with Gasteiger partial charge in [0, 0.05) is 25.7 Å². The second-order valence-corrected chi connectivity index (χ2v) is 31.0. The molecule has 0 aromatic rings. The van der Waals surface area contributed by atoms with Crippen molar-refractivity contribution in [1.82, 2.24) is 0 Å². The van der Waals surface area contributed by atoms with E-state index in [0.29, 0.717) is 25.7 Å². The SMILES string of the molecule is CCCCCC/C=C\C=C/CCCCCCCC(=O)OC[C@H](COP(=O)(O)OC[C@@H](O)COP(=O)(O)OC[C@@H](COC(=O)CCCCCCCCCCC(C)CC)OC(=O)CCCCCCCCCCCCCC(C)C)OC(=O)CCCCCCCCCCCCCCCCCC. The Balaban J connectivity index is 5.31. The van der Waals surface area contributed by atoms with Crippen molar-refractivity contribution >= 4 is 39.5 Å². The first-order valence-corrected chi connectivity index (χ1v) is 42.8. The topological polar surface area (TPSA) is 237 Å². The quantitative estimate of drug-likeness (QED) is 0.0169. The maximum atomic E-state index is 13.1. The van der Waals surface area contributed by atoms with E-state index in [4.69, 9.17) is 37.0 Å². The van der Waals surface area contributed by atoms with E-state index in [1.165, 1.54) is 180 Å². The van der Waals surface area contributed by atoms with Gasteiger partial charge in [0.25, 0.3) is 0 Å². The predicted octanol–water partition coefficient (Wildman–Crippen LogP) is 22.7. The van der Waals surface area contributed by atoms with E-state index in [9.17, 15) is 43.2 Å². The summed E-state index contributed by atoms with van der Waals surface area (Å²) < 4.78 is 68.6. The molecule has 3 N–H and O–H groups in total. The largest absolute Gasteiger partial charge is 0.472 e. The molecule has 6 atom stereocenters. The number of carbonyl (C=O) groups is 4. The number of ether oxygens (including phenoxy) is 4. The molecular weight excluding hydrogens is 1270 g/mol. The van der Waals surface area contributed by atoms with E-state index >= 15 is 0 Å². The van der Waals surface area contributed by atoms with Crippen molar-refractivity contribution < 1.29 is 80.2 Å². The van der Waals surface area contributed by atoms with Crippen LogP contribution in [-0.4, -0.2) is 96.7 Å². The molecule has 572 valence electrons. The van der Waals surface area contributed by atoms with Crippen LogP contribution < -0.4 is 0 Å². The highest BCUT2D eigenvalue weighted by atomic mass is 31.2. The Bertz CT molecular complexity index is 1970. The normalized spacial score (nSPS) is 14.4. The zero-order chi connectivity index (χ0) is 71.4. The molecule has 0 aliphatic heterocycles. The van der Waals surface area contributed by atoms with E-state index in [-0.39, 0.29) is 25.7 Å². The fraction of sp³-hybridized carbons (Fsp3) is 0.897. The van der Waals surface area contributed by atoms with Crippen LogP contribution in [0.5, 0.6) is 0 Å². The summed E-state index contributed by atoms with van der Waals surface area (Å²) in [5.74, 6) is -0.603. The van der Waals surface area contributed by atoms with Crippen LogP contribution in [0, 0.1) is 11.8 Å². The number of aliphatic hydroxyl groups excluding tert-OH is 1. The minimum atomic E-state index is -4.97. The lowest BCUT2D eigenvalue weighted by Crippen LogP contribution is -2.30. The van der Waals surface area contributed by atoms with Gasteiger partial charge in [0.1, 0.15) is 19.3 Å². The Morgan fingerprint density at radius 3 is 0.928 bits per heavy atom. The number of phosphoric ester groups is 2. The molecule has 17 nitrogen and oxygen atoms in total. The van der Waals surface area contributed by atoms with E-state index < -0.39 is 97.5 Å². The number of hydrogen-bond donors (Lipinski definition) is 3. The molecule has 0 heterocycles. The van der Waals surface area contributed by atoms with Crippen LogP contribution in [-0.2, 0) is 65.4 Å². The molecule has 3 unspecified atom stereocenters. The summed E-state index contributed by atoms with van der Waals surface area (Å²) >= 11 is 0. The second kappa shape index (κ2) is 69.3. The fourth-order valence-corrected chi connectivity index (χ4v) is 13.0. The summed E-state index contributed by atoms with van der Waals surface area (Å²) in [5.41, 5.74) is 0. The number of rotatable bonds is 75. The number of esters is 4. The first-order valence-electron chi connectivity index (χ1n) is 39.8. The molecule has 0 spiro atoms. The van der Waals surface area contributed by atoms with Crippen LogP contribution in [0.15, 0.2) is 24.3 Å². The van der Waals surface area contributed by atoms with Crippen molar-refractivity contribution in [2.24, 2.45) is 11.8 Å². The molecule has 0 aromatic carbocycles.